The van der Waals surface area contributed by atoms with Crippen molar-refractivity contribution in [3.63, 3.8) is 0 Å². The van der Waals surface area contributed by atoms with E-state index in [-0.39, 0.29) is 18.6 Å². The first-order valence-corrected chi connectivity index (χ1v) is 6.03. The normalized spacial score (nSPS) is 11.3. The third-order valence-corrected chi connectivity index (χ3v) is 2.47. The van der Waals surface area contributed by atoms with Crippen molar-refractivity contribution < 1.29 is 9.90 Å². The molecule has 1 rings (SSSR count). The molecule has 1 amide bonds. The maximum atomic E-state index is 12.0. The number of carbonyl (C=O) groups is 1. The molecule has 1 heterocycles. The molecule has 0 aliphatic rings. The zero-order chi connectivity index (χ0) is 13.4. The van der Waals surface area contributed by atoms with Gasteiger partial charge in [0, 0.05) is 18.4 Å². The molecular weight excluding hydrogens is 228 g/mol. The van der Waals surface area contributed by atoms with E-state index < -0.39 is 0 Å². The number of carbonyl (C=O) groups excluding carboxylic acids is 1. The smallest absolute Gasteiger partial charge is 0.252 e. The summed E-state index contributed by atoms with van der Waals surface area (Å²) in [5.74, 6) is 5.10. The lowest BCUT2D eigenvalue weighted by Crippen LogP contribution is -2.32. The Morgan fingerprint density at radius 3 is 3.06 bits per heavy atom. The van der Waals surface area contributed by atoms with E-state index in [0.29, 0.717) is 11.1 Å². The van der Waals surface area contributed by atoms with Gasteiger partial charge < -0.3 is 10.4 Å². The highest BCUT2D eigenvalue weighted by Crippen LogP contribution is 2.06. The van der Waals surface area contributed by atoms with Gasteiger partial charge in [-0.1, -0.05) is 25.2 Å². The summed E-state index contributed by atoms with van der Waals surface area (Å²) in [6.07, 6.45) is 5.05. The van der Waals surface area contributed by atoms with Gasteiger partial charge in [0.1, 0.15) is 6.61 Å². The van der Waals surface area contributed by atoms with Gasteiger partial charge in [0.05, 0.1) is 11.1 Å². The van der Waals surface area contributed by atoms with Gasteiger partial charge in [-0.15, -0.1) is 0 Å². The van der Waals surface area contributed by atoms with Crippen molar-refractivity contribution in [3.05, 3.63) is 29.6 Å². The SMILES string of the molecule is CCCC(C)NC(=O)c1ccncc1C#CCO. The number of nitrogens with zero attached hydrogens (tertiary/aromatic N) is 1. The molecule has 0 spiro atoms. The largest absolute Gasteiger partial charge is 0.384 e. The molecule has 18 heavy (non-hydrogen) atoms. The van der Waals surface area contributed by atoms with Crippen LogP contribution in [0.1, 0.15) is 42.6 Å². The Balaban J connectivity index is 2.85. The monoisotopic (exact) mass is 246 g/mol. The van der Waals surface area contributed by atoms with Crippen molar-refractivity contribution in [2.75, 3.05) is 6.61 Å². The number of nitrogens with one attached hydrogen (secondary N) is 1. The van der Waals surface area contributed by atoms with Gasteiger partial charge in [0.2, 0.25) is 0 Å². The van der Waals surface area contributed by atoms with Crippen LogP contribution >= 0.6 is 0 Å². The van der Waals surface area contributed by atoms with Crippen molar-refractivity contribution in [1.29, 1.82) is 0 Å². The molecule has 4 heteroatoms. The van der Waals surface area contributed by atoms with Gasteiger partial charge in [-0.25, -0.2) is 0 Å². The number of amides is 1. The van der Waals surface area contributed by atoms with Crippen LogP contribution in [-0.2, 0) is 0 Å². The van der Waals surface area contributed by atoms with E-state index in [0.717, 1.165) is 12.8 Å². The minimum absolute atomic E-state index is 0.134. The van der Waals surface area contributed by atoms with Crippen molar-refractivity contribution in [2.24, 2.45) is 0 Å². The van der Waals surface area contributed by atoms with E-state index in [9.17, 15) is 4.79 Å². The quantitative estimate of drug-likeness (QED) is 0.788. The molecule has 0 aromatic carbocycles. The number of rotatable bonds is 4. The van der Waals surface area contributed by atoms with Gasteiger partial charge in [-0.3, -0.25) is 9.78 Å². The molecule has 1 atom stereocenters. The molecule has 0 fully saturated rings. The Labute approximate surface area is 107 Å². The second-order valence-electron chi connectivity index (χ2n) is 4.04. The predicted molar refractivity (Wildman–Crippen MR) is 70.0 cm³/mol. The number of aromatic nitrogens is 1. The first-order chi connectivity index (χ1) is 8.69. The molecular formula is C14H18N2O2. The van der Waals surface area contributed by atoms with E-state index in [2.05, 4.69) is 29.1 Å². The van der Waals surface area contributed by atoms with E-state index in [1.807, 2.05) is 6.92 Å². The molecule has 0 saturated heterocycles. The summed E-state index contributed by atoms with van der Waals surface area (Å²) in [6, 6.07) is 1.77. The van der Waals surface area contributed by atoms with E-state index in [1.54, 1.807) is 12.3 Å². The van der Waals surface area contributed by atoms with E-state index >= 15 is 0 Å². The van der Waals surface area contributed by atoms with Crippen LogP contribution in [0.2, 0.25) is 0 Å². The number of aliphatic hydroxyl groups is 1. The van der Waals surface area contributed by atoms with Gasteiger partial charge in [0.15, 0.2) is 0 Å². The van der Waals surface area contributed by atoms with Crippen LogP contribution in [0.25, 0.3) is 0 Å². The summed E-state index contributed by atoms with van der Waals surface area (Å²) in [5, 5.41) is 11.6. The average molecular weight is 246 g/mol. The fourth-order valence-electron chi connectivity index (χ4n) is 1.63. The average Bonchev–Trinajstić information content (AvgIpc) is 2.36. The molecule has 1 aromatic heterocycles. The highest BCUT2D eigenvalue weighted by atomic mass is 16.2. The number of hydrogen-bond acceptors (Lipinski definition) is 3. The molecule has 0 saturated carbocycles. The standard InChI is InChI=1S/C14H18N2O2/c1-3-5-11(2)16-14(18)13-7-8-15-10-12(13)6-4-9-17/h7-8,10-11,17H,3,5,9H2,1-2H3,(H,16,18). The summed E-state index contributed by atoms with van der Waals surface area (Å²) in [6.45, 7) is 3.82. The summed E-state index contributed by atoms with van der Waals surface area (Å²) in [4.78, 5) is 16.0. The van der Waals surface area contributed by atoms with Crippen molar-refractivity contribution in [1.82, 2.24) is 10.3 Å². The summed E-state index contributed by atoms with van der Waals surface area (Å²) < 4.78 is 0. The highest BCUT2D eigenvalue weighted by Gasteiger charge is 2.12. The maximum Gasteiger partial charge on any atom is 0.252 e. The van der Waals surface area contributed by atoms with Crippen molar-refractivity contribution in [2.45, 2.75) is 32.7 Å². The van der Waals surface area contributed by atoms with Crippen LogP contribution < -0.4 is 5.32 Å². The minimum atomic E-state index is -0.234. The third-order valence-electron chi connectivity index (χ3n) is 2.47. The second kappa shape index (κ2) is 7.46. The first kappa shape index (κ1) is 14.2. The van der Waals surface area contributed by atoms with Gasteiger partial charge in [-0.05, 0) is 19.4 Å². The lowest BCUT2D eigenvalue weighted by molar-refractivity contribution is 0.0938. The molecule has 0 radical (unpaired) electrons. The Bertz CT molecular complexity index is 460. The fourth-order valence-corrected chi connectivity index (χ4v) is 1.63. The van der Waals surface area contributed by atoms with Gasteiger partial charge >= 0.3 is 0 Å². The lowest BCUT2D eigenvalue weighted by atomic mass is 10.1. The molecule has 0 aliphatic carbocycles. The first-order valence-electron chi connectivity index (χ1n) is 6.03. The summed E-state index contributed by atoms with van der Waals surface area (Å²) >= 11 is 0. The third kappa shape index (κ3) is 4.19. The maximum absolute atomic E-state index is 12.0. The molecule has 96 valence electrons. The molecule has 2 N–H and O–H groups in total. The Hall–Kier alpha value is -1.86. The highest BCUT2D eigenvalue weighted by molar-refractivity contribution is 5.96. The lowest BCUT2D eigenvalue weighted by Gasteiger charge is -2.13. The van der Waals surface area contributed by atoms with Crippen LogP contribution in [0, 0.1) is 11.8 Å². The van der Waals surface area contributed by atoms with Crippen LogP contribution in [0.4, 0.5) is 0 Å². The Morgan fingerprint density at radius 2 is 2.39 bits per heavy atom. The summed E-state index contributed by atoms with van der Waals surface area (Å²) in [7, 11) is 0. The molecule has 1 unspecified atom stereocenters. The topological polar surface area (TPSA) is 62.2 Å². The van der Waals surface area contributed by atoms with Crippen LogP contribution in [-0.4, -0.2) is 28.6 Å². The van der Waals surface area contributed by atoms with E-state index in [4.69, 9.17) is 5.11 Å². The Kier molecular flexibility index (Phi) is 5.89. The minimum Gasteiger partial charge on any atom is -0.384 e. The van der Waals surface area contributed by atoms with Gasteiger partial charge in [-0.2, -0.15) is 0 Å². The van der Waals surface area contributed by atoms with E-state index in [1.165, 1.54) is 6.20 Å². The second-order valence-corrected chi connectivity index (χ2v) is 4.04. The van der Waals surface area contributed by atoms with Crippen LogP contribution in [0.5, 0.6) is 0 Å². The Morgan fingerprint density at radius 1 is 1.61 bits per heavy atom. The molecule has 0 aliphatic heterocycles. The summed E-state index contributed by atoms with van der Waals surface area (Å²) in [5.41, 5.74) is 1.03. The predicted octanol–water partition coefficient (Wildman–Crippen LogP) is 1.34. The number of hydrogen-bond donors (Lipinski definition) is 2. The zero-order valence-corrected chi connectivity index (χ0v) is 10.7. The van der Waals surface area contributed by atoms with Crippen molar-refractivity contribution >= 4 is 5.91 Å². The fraction of sp³-hybridized carbons (Fsp3) is 0.429. The van der Waals surface area contributed by atoms with Crippen molar-refractivity contribution in [3.8, 4) is 11.8 Å². The van der Waals surface area contributed by atoms with Crippen LogP contribution in [0.15, 0.2) is 18.5 Å². The zero-order valence-electron chi connectivity index (χ0n) is 10.7. The molecule has 0 bridgehead atoms. The number of aliphatic hydroxyl groups excluding tert-OH is 1. The van der Waals surface area contributed by atoms with Crippen LogP contribution in [0.3, 0.4) is 0 Å². The molecule has 1 aromatic rings. The van der Waals surface area contributed by atoms with Gasteiger partial charge in [0.25, 0.3) is 5.91 Å². The molecule has 4 nitrogen and oxygen atoms in total. The number of pyridine rings is 1.